The number of amides is 2. The Kier molecular flexibility index (Phi) is 4.29. The first-order valence-corrected chi connectivity index (χ1v) is 8.93. The minimum absolute atomic E-state index is 0.00491. The quantitative estimate of drug-likeness (QED) is 0.750. The number of carbonyl (C=O) groups excluding carboxylic acids is 2. The molecular weight excluding hydrogens is 393 g/mol. The summed E-state index contributed by atoms with van der Waals surface area (Å²) in [5.41, 5.74) is -0.699. The summed E-state index contributed by atoms with van der Waals surface area (Å²) in [5, 5.41) is 2.60. The Balaban J connectivity index is 1.77. The Morgan fingerprint density at radius 2 is 2.08 bits per heavy atom. The molecule has 1 N–H and O–H groups in total. The van der Waals surface area contributed by atoms with Gasteiger partial charge in [0, 0.05) is 18.2 Å². The molecule has 3 rings (SSSR count). The molecule has 2 heterocycles. The summed E-state index contributed by atoms with van der Waals surface area (Å²) in [6.45, 7) is 7.42. The number of hydrogen-bond acceptors (Lipinski definition) is 4. The number of nitrogens with zero attached hydrogens (tertiary/aromatic N) is 2. The molecule has 2 fully saturated rings. The Bertz CT molecular complexity index is 716. The average Bonchev–Trinajstić information content (AvgIpc) is 2.96. The van der Waals surface area contributed by atoms with Crippen LogP contribution in [0.4, 0.5) is 15.0 Å². The molecule has 1 saturated heterocycles. The normalized spacial score (nSPS) is 27.7. The lowest BCUT2D eigenvalue weighted by Gasteiger charge is -2.29. The second kappa shape index (κ2) is 5.93. The number of anilines is 1. The predicted molar refractivity (Wildman–Crippen MR) is 93.5 cm³/mol. The van der Waals surface area contributed by atoms with Crippen LogP contribution in [0.3, 0.4) is 0 Å². The van der Waals surface area contributed by atoms with Gasteiger partial charge in [-0.3, -0.25) is 9.69 Å². The molecule has 1 aromatic heterocycles. The highest BCUT2D eigenvalue weighted by molar-refractivity contribution is 9.10. The van der Waals surface area contributed by atoms with Gasteiger partial charge in [-0.15, -0.1) is 0 Å². The van der Waals surface area contributed by atoms with Gasteiger partial charge in [-0.2, -0.15) is 0 Å². The van der Waals surface area contributed by atoms with Crippen molar-refractivity contribution in [2.24, 2.45) is 5.41 Å². The first-order valence-electron chi connectivity index (χ1n) is 8.14. The molecule has 1 saturated carbocycles. The largest absolute Gasteiger partial charge is 0.444 e. The van der Waals surface area contributed by atoms with Gasteiger partial charge in [-0.1, -0.05) is 6.92 Å². The standard InChI is InChI=1S/C17H21BrFN3O3/c1-16(2,3)25-15(24)22-10(7-17(4)8-11(17)22)14(23)21-13-6-9(19)5-12(18)20-13/h5-6,10-11H,7-8H2,1-4H3,(H,20,21,23)/t10-,11?,17-/m0/s1. The molecule has 8 heteroatoms. The highest BCUT2D eigenvalue weighted by Gasteiger charge is 2.65. The molecule has 2 amide bonds. The van der Waals surface area contributed by atoms with Crippen molar-refractivity contribution in [1.82, 2.24) is 9.88 Å². The first-order chi connectivity index (χ1) is 11.5. The second-order valence-corrected chi connectivity index (χ2v) is 8.78. The maximum atomic E-state index is 13.5. The summed E-state index contributed by atoms with van der Waals surface area (Å²) in [6, 6.07) is 1.69. The molecule has 6 nitrogen and oxygen atoms in total. The topological polar surface area (TPSA) is 71.5 Å². The minimum atomic E-state index is -0.651. The number of likely N-dealkylation sites (tertiary alicyclic amines) is 1. The summed E-state index contributed by atoms with van der Waals surface area (Å²) in [6.07, 6.45) is 0.922. The van der Waals surface area contributed by atoms with Gasteiger partial charge in [-0.25, -0.2) is 14.2 Å². The third kappa shape index (κ3) is 3.78. The molecule has 1 unspecified atom stereocenters. The van der Waals surface area contributed by atoms with Crippen molar-refractivity contribution in [1.29, 1.82) is 0 Å². The molecule has 2 aliphatic rings. The summed E-state index contributed by atoms with van der Waals surface area (Å²) >= 11 is 3.09. The molecule has 0 bridgehead atoms. The lowest BCUT2D eigenvalue weighted by atomic mass is 10.0. The van der Waals surface area contributed by atoms with Gasteiger partial charge < -0.3 is 10.1 Å². The number of nitrogens with one attached hydrogen (secondary N) is 1. The zero-order valence-electron chi connectivity index (χ0n) is 14.6. The number of piperidine rings is 1. The van der Waals surface area contributed by atoms with Gasteiger partial charge in [0.25, 0.3) is 0 Å². The van der Waals surface area contributed by atoms with E-state index >= 15 is 0 Å². The zero-order chi connectivity index (χ0) is 18.6. The van der Waals surface area contributed by atoms with Crippen LogP contribution >= 0.6 is 15.9 Å². The predicted octanol–water partition coefficient (Wildman–Crippen LogP) is 3.71. The number of rotatable bonds is 2. The molecule has 1 aromatic rings. The highest BCUT2D eigenvalue weighted by Crippen LogP contribution is 2.59. The maximum absolute atomic E-state index is 13.5. The number of fused-ring (bicyclic) bond motifs is 1. The molecule has 1 aliphatic heterocycles. The van der Waals surface area contributed by atoms with Gasteiger partial charge in [0.1, 0.15) is 27.9 Å². The van der Waals surface area contributed by atoms with Crippen LogP contribution in [0.25, 0.3) is 0 Å². The maximum Gasteiger partial charge on any atom is 0.411 e. The van der Waals surface area contributed by atoms with Crippen LogP contribution < -0.4 is 5.32 Å². The van der Waals surface area contributed by atoms with Gasteiger partial charge in [0.15, 0.2) is 0 Å². The van der Waals surface area contributed by atoms with Crippen LogP contribution in [0, 0.1) is 11.2 Å². The van der Waals surface area contributed by atoms with Crippen LogP contribution in [-0.4, -0.2) is 39.6 Å². The van der Waals surface area contributed by atoms with Crippen molar-refractivity contribution in [3.63, 3.8) is 0 Å². The van der Waals surface area contributed by atoms with E-state index in [1.54, 1.807) is 20.8 Å². The van der Waals surface area contributed by atoms with Crippen molar-refractivity contribution in [3.8, 4) is 0 Å². The van der Waals surface area contributed by atoms with Crippen LogP contribution in [-0.2, 0) is 9.53 Å². The second-order valence-electron chi connectivity index (χ2n) is 7.96. The Hall–Kier alpha value is -1.70. The third-order valence-electron chi connectivity index (χ3n) is 4.55. The lowest BCUT2D eigenvalue weighted by Crippen LogP contribution is -2.47. The van der Waals surface area contributed by atoms with E-state index in [0.717, 1.165) is 12.5 Å². The highest BCUT2D eigenvalue weighted by atomic mass is 79.9. The van der Waals surface area contributed by atoms with E-state index in [2.05, 4.69) is 33.2 Å². The van der Waals surface area contributed by atoms with Gasteiger partial charge in [-0.05, 0) is 55.0 Å². The van der Waals surface area contributed by atoms with E-state index in [-0.39, 0.29) is 27.8 Å². The molecule has 0 aromatic carbocycles. The molecular formula is C17H21BrFN3O3. The fourth-order valence-corrected chi connectivity index (χ4v) is 3.73. The fraction of sp³-hybridized carbons (Fsp3) is 0.588. The Morgan fingerprint density at radius 1 is 1.40 bits per heavy atom. The van der Waals surface area contributed by atoms with E-state index in [1.807, 2.05) is 0 Å². The minimum Gasteiger partial charge on any atom is -0.444 e. The van der Waals surface area contributed by atoms with Crippen molar-refractivity contribution in [2.45, 2.75) is 58.2 Å². The summed E-state index contributed by atoms with van der Waals surface area (Å²) < 4.78 is 19.2. The Labute approximate surface area is 154 Å². The third-order valence-corrected chi connectivity index (χ3v) is 4.96. The molecule has 1 aliphatic carbocycles. The summed E-state index contributed by atoms with van der Waals surface area (Å²) in [4.78, 5) is 30.8. The molecule has 3 atom stereocenters. The first kappa shape index (κ1) is 18.1. The van der Waals surface area contributed by atoms with E-state index in [9.17, 15) is 14.0 Å². The number of halogens is 2. The Morgan fingerprint density at radius 3 is 2.68 bits per heavy atom. The number of hydrogen-bond donors (Lipinski definition) is 1. The molecule has 25 heavy (non-hydrogen) atoms. The SMILES string of the molecule is CC(C)(C)OC(=O)N1C2C[C@]2(C)C[C@H]1C(=O)Nc1cc(F)cc(Br)n1. The van der Waals surface area contributed by atoms with Gasteiger partial charge in [0.05, 0.1) is 0 Å². The van der Waals surface area contributed by atoms with E-state index in [4.69, 9.17) is 4.74 Å². The van der Waals surface area contributed by atoms with Gasteiger partial charge in [0.2, 0.25) is 5.91 Å². The van der Waals surface area contributed by atoms with Crippen LogP contribution in [0.5, 0.6) is 0 Å². The van der Waals surface area contributed by atoms with Crippen LogP contribution in [0.1, 0.15) is 40.5 Å². The van der Waals surface area contributed by atoms with E-state index < -0.39 is 23.6 Å². The zero-order valence-corrected chi connectivity index (χ0v) is 16.2. The average molecular weight is 414 g/mol. The molecule has 0 radical (unpaired) electrons. The lowest BCUT2D eigenvalue weighted by molar-refractivity contribution is -0.121. The smallest absolute Gasteiger partial charge is 0.411 e. The molecule has 136 valence electrons. The fourth-order valence-electron chi connectivity index (χ4n) is 3.32. The monoisotopic (exact) mass is 413 g/mol. The van der Waals surface area contributed by atoms with Crippen LogP contribution in [0.2, 0.25) is 0 Å². The van der Waals surface area contributed by atoms with Crippen molar-refractivity contribution < 1.29 is 18.7 Å². The van der Waals surface area contributed by atoms with Crippen molar-refractivity contribution >= 4 is 33.7 Å². The number of carbonyl (C=O) groups is 2. The summed E-state index contributed by atoms with van der Waals surface area (Å²) in [5.74, 6) is -0.793. The van der Waals surface area contributed by atoms with Crippen molar-refractivity contribution in [3.05, 3.63) is 22.6 Å². The number of aromatic nitrogens is 1. The van der Waals surface area contributed by atoms with E-state index in [1.165, 1.54) is 11.0 Å². The van der Waals surface area contributed by atoms with Crippen LogP contribution in [0.15, 0.2) is 16.7 Å². The number of pyridine rings is 1. The number of ether oxygens (including phenoxy) is 1. The van der Waals surface area contributed by atoms with Crippen molar-refractivity contribution in [2.75, 3.05) is 5.32 Å². The van der Waals surface area contributed by atoms with Gasteiger partial charge >= 0.3 is 6.09 Å². The molecule has 0 spiro atoms. The van der Waals surface area contributed by atoms with E-state index in [0.29, 0.717) is 6.42 Å². The summed E-state index contributed by atoms with van der Waals surface area (Å²) in [7, 11) is 0.